The average molecular weight is 293 g/mol. The van der Waals surface area contributed by atoms with Crippen LogP contribution in [0.5, 0.6) is 0 Å². The minimum Gasteiger partial charge on any atom is -0.396 e. The van der Waals surface area contributed by atoms with E-state index in [0.29, 0.717) is 16.8 Å². The van der Waals surface area contributed by atoms with E-state index in [2.05, 4.69) is 5.32 Å². The lowest BCUT2D eigenvalue weighted by atomic mass is 10.0. The molecular formula is C15H16FNO2S. The monoisotopic (exact) mass is 293 g/mol. The van der Waals surface area contributed by atoms with Gasteiger partial charge in [-0.25, -0.2) is 4.39 Å². The number of rotatable bonds is 5. The van der Waals surface area contributed by atoms with Crippen molar-refractivity contribution in [1.82, 2.24) is 5.32 Å². The van der Waals surface area contributed by atoms with Gasteiger partial charge in [0.15, 0.2) is 0 Å². The lowest BCUT2D eigenvalue weighted by Crippen LogP contribution is -2.30. The van der Waals surface area contributed by atoms with Gasteiger partial charge in [0.25, 0.3) is 5.91 Å². The molecule has 1 heterocycles. The highest BCUT2D eigenvalue weighted by Gasteiger charge is 2.41. The number of thiophene rings is 1. The first-order chi connectivity index (χ1) is 9.63. The summed E-state index contributed by atoms with van der Waals surface area (Å²) in [5, 5.41) is 12.4. The Morgan fingerprint density at radius 3 is 2.90 bits per heavy atom. The molecule has 3 nitrogen and oxygen atoms in total. The Morgan fingerprint density at radius 2 is 2.25 bits per heavy atom. The second-order valence-corrected chi connectivity index (χ2v) is 6.50. The van der Waals surface area contributed by atoms with Crippen LogP contribution >= 0.6 is 11.3 Å². The third-order valence-corrected chi connectivity index (χ3v) is 5.05. The Kier molecular flexibility index (Phi) is 3.48. The van der Waals surface area contributed by atoms with Crippen LogP contribution in [0.4, 0.5) is 4.39 Å². The predicted octanol–water partition coefficient (Wildman–Crippen LogP) is 2.93. The summed E-state index contributed by atoms with van der Waals surface area (Å²) in [5.41, 5.74) is 0.0896. The molecule has 0 unspecified atom stereocenters. The van der Waals surface area contributed by atoms with Crippen LogP contribution in [0.3, 0.4) is 0 Å². The van der Waals surface area contributed by atoms with Crippen molar-refractivity contribution in [2.45, 2.75) is 19.3 Å². The topological polar surface area (TPSA) is 49.3 Å². The van der Waals surface area contributed by atoms with E-state index in [-0.39, 0.29) is 23.7 Å². The van der Waals surface area contributed by atoms with Gasteiger partial charge in [0.05, 0.1) is 4.88 Å². The molecule has 1 saturated carbocycles. The molecule has 0 aliphatic heterocycles. The summed E-state index contributed by atoms with van der Waals surface area (Å²) >= 11 is 1.30. The fraction of sp³-hybridized carbons (Fsp3) is 0.400. The molecule has 0 radical (unpaired) electrons. The van der Waals surface area contributed by atoms with Crippen LogP contribution in [-0.2, 0) is 0 Å². The van der Waals surface area contributed by atoms with Crippen LogP contribution in [0.25, 0.3) is 10.1 Å². The van der Waals surface area contributed by atoms with Crippen LogP contribution < -0.4 is 5.32 Å². The van der Waals surface area contributed by atoms with Gasteiger partial charge in [0, 0.05) is 23.2 Å². The molecular weight excluding hydrogens is 277 g/mol. The van der Waals surface area contributed by atoms with Crippen LogP contribution in [-0.4, -0.2) is 24.2 Å². The molecule has 1 fully saturated rings. The van der Waals surface area contributed by atoms with Gasteiger partial charge in [-0.3, -0.25) is 4.79 Å². The maximum atomic E-state index is 13.6. The van der Waals surface area contributed by atoms with Crippen molar-refractivity contribution in [3.05, 3.63) is 35.0 Å². The number of aliphatic hydroxyl groups is 1. The molecule has 0 saturated heterocycles. The second kappa shape index (κ2) is 5.14. The van der Waals surface area contributed by atoms with E-state index in [9.17, 15) is 9.18 Å². The van der Waals surface area contributed by atoms with Crippen molar-refractivity contribution in [2.24, 2.45) is 5.41 Å². The van der Waals surface area contributed by atoms with Gasteiger partial charge < -0.3 is 10.4 Å². The predicted molar refractivity (Wildman–Crippen MR) is 77.5 cm³/mol. The highest BCUT2D eigenvalue weighted by Crippen LogP contribution is 2.47. The Labute approximate surface area is 120 Å². The van der Waals surface area contributed by atoms with E-state index in [4.69, 9.17) is 5.11 Å². The van der Waals surface area contributed by atoms with Crippen molar-refractivity contribution in [3.63, 3.8) is 0 Å². The number of fused-ring (bicyclic) bond motifs is 1. The van der Waals surface area contributed by atoms with Crippen molar-refractivity contribution in [1.29, 1.82) is 0 Å². The van der Waals surface area contributed by atoms with Crippen molar-refractivity contribution < 1.29 is 14.3 Å². The molecule has 20 heavy (non-hydrogen) atoms. The van der Waals surface area contributed by atoms with Gasteiger partial charge in [0.1, 0.15) is 5.82 Å². The third kappa shape index (κ3) is 2.55. The highest BCUT2D eigenvalue weighted by atomic mass is 32.1. The number of carbonyl (C=O) groups excluding carboxylic acids is 1. The molecule has 0 bridgehead atoms. The minimum absolute atomic E-state index is 0.0896. The standard InChI is InChI=1S/C15H16FNO2S/c16-11-2-1-3-12-10(11)8-13(20-12)14(19)17-9-15(4-5-15)6-7-18/h1-3,8,18H,4-7,9H2,(H,17,19). The fourth-order valence-electron chi connectivity index (χ4n) is 2.42. The van der Waals surface area contributed by atoms with Gasteiger partial charge in [-0.15, -0.1) is 11.3 Å². The van der Waals surface area contributed by atoms with Crippen LogP contribution in [0.1, 0.15) is 28.9 Å². The van der Waals surface area contributed by atoms with E-state index in [0.717, 1.165) is 24.0 Å². The van der Waals surface area contributed by atoms with Gasteiger partial charge in [-0.2, -0.15) is 0 Å². The van der Waals surface area contributed by atoms with E-state index in [1.54, 1.807) is 12.1 Å². The van der Waals surface area contributed by atoms with Crippen molar-refractivity contribution in [2.75, 3.05) is 13.2 Å². The normalized spacial score (nSPS) is 16.3. The number of hydrogen-bond donors (Lipinski definition) is 2. The zero-order valence-electron chi connectivity index (χ0n) is 11.0. The molecule has 1 aliphatic carbocycles. The highest BCUT2D eigenvalue weighted by molar-refractivity contribution is 7.20. The van der Waals surface area contributed by atoms with Crippen molar-refractivity contribution in [3.8, 4) is 0 Å². The number of aliphatic hydroxyl groups excluding tert-OH is 1. The lowest BCUT2D eigenvalue weighted by Gasteiger charge is -2.13. The number of benzene rings is 1. The molecule has 5 heteroatoms. The number of nitrogens with one attached hydrogen (secondary N) is 1. The quantitative estimate of drug-likeness (QED) is 0.890. The summed E-state index contributed by atoms with van der Waals surface area (Å²) in [5.74, 6) is -0.452. The third-order valence-electron chi connectivity index (χ3n) is 3.96. The SMILES string of the molecule is O=C(NCC1(CCO)CC1)c1cc2c(F)cccc2s1. The summed E-state index contributed by atoms with van der Waals surface area (Å²) in [6.07, 6.45) is 2.83. The molecule has 1 aromatic carbocycles. The summed E-state index contributed by atoms with van der Waals surface area (Å²) in [6.45, 7) is 0.743. The summed E-state index contributed by atoms with van der Waals surface area (Å²) < 4.78 is 14.4. The molecule has 1 aromatic heterocycles. The summed E-state index contributed by atoms with van der Waals surface area (Å²) in [4.78, 5) is 12.7. The number of amides is 1. The maximum absolute atomic E-state index is 13.6. The molecule has 0 spiro atoms. The van der Waals surface area contributed by atoms with E-state index < -0.39 is 0 Å². The van der Waals surface area contributed by atoms with Crippen molar-refractivity contribution >= 4 is 27.3 Å². The molecule has 1 aliphatic rings. The van der Waals surface area contributed by atoms with Gasteiger partial charge in [-0.1, -0.05) is 6.07 Å². The molecule has 2 aromatic rings. The Bertz CT molecular complexity index is 648. The zero-order valence-corrected chi connectivity index (χ0v) is 11.8. The minimum atomic E-state index is -0.295. The smallest absolute Gasteiger partial charge is 0.261 e. The molecule has 1 amide bonds. The second-order valence-electron chi connectivity index (χ2n) is 5.42. The molecule has 3 rings (SSSR count). The average Bonchev–Trinajstić information content (AvgIpc) is 3.04. The Balaban J connectivity index is 1.71. The van der Waals surface area contributed by atoms with E-state index in [1.807, 2.05) is 6.07 Å². The molecule has 0 atom stereocenters. The zero-order chi connectivity index (χ0) is 14.2. The molecule has 2 N–H and O–H groups in total. The van der Waals surface area contributed by atoms with Crippen LogP contribution in [0.2, 0.25) is 0 Å². The first-order valence-corrected chi connectivity index (χ1v) is 7.52. The van der Waals surface area contributed by atoms with Crippen LogP contribution in [0.15, 0.2) is 24.3 Å². The summed E-state index contributed by atoms with van der Waals surface area (Å²) in [7, 11) is 0. The van der Waals surface area contributed by atoms with Gasteiger partial charge in [-0.05, 0) is 42.9 Å². The van der Waals surface area contributed by atoms with Gasteiger partial charge in [0.2, 0.25) is 0 Å². The lowest BCUT2D eigenvalue weighted by molar-refractivity contribution is 0.0945. The number of halogens is 1. The first-order valence-electron chi connectivity index (χ1n) is 6.71. The Hall–Kier alpha value is -1.46. The van der Waals surface area contributed by atoms with E-state index in [1.165, 1.54) is 17.4 Å². The maximum Gasteiger partial charge on any atom is 0.261 e. The van der Waals surface area contributed by atoms with E-state index >= 15 is 0 Å². The number of carbonyl (C=O) groups is 1. The fourth-order valence-corrected chi connectivity index (χ4v) is 3.41. The molecule has 106 valence electrons. The largest absolute Gasteiger partial charge is 0.396 e. The summed E-state index contributed by atoms with van der Waals surface area (Å²) in [6, 6.07) is 6.47. The van der Waals surface area contributed by atoms with Crippen LogP contribution in [0, 0.1) is 11.2 Å². The first kappa shape index (κ1) is 13.5. The Morgan fingerprint density at radius 1 is 1.45 bits per heavy atom. The number of hydrogen-bond acceptors (Lipinski definition) is 3. The van der Waals surface area contributed by atoms with Gasteiger partial charge >= 0.3 is 0 Å².